The van der Waals surface area contributed by atoms with Gasteiger partial charge in [0.05, 0.1) is 10.1 Å². The number of aryl methyl sites for hydroxylation is 1. The molecule has 3 nitrogen and oxygen atoms in total. The summed E-state index contributed by atoms with van der Waals surface area (Å²) < 4.78 is 24.5. The van der Waals surface area contributed by atoms with E-state index >= 15 is 0 Å². The van der Waals surface area contributed by atoms with Crippen molar-refractivity contribution in [2.75, 3.05) is 7.05 Å². The maximum absolute atomic E-state index is 12.3. The molecule has 4 heteroatoms. The van der Waals surface area contributed by atoms with Gasteiger partial charge in [0.2, 0.25) is 0 Å². The molecule has 2 unspecified atom stereocenters. The van der Waals surface area contributed by atoms with Gasteiger partial charge in [-0.3, -0.25) is 0 Å². The molecule has 1 aromatic rings. The van der Waals surface area contributed by atoms with E-state index < -0.39 is 9.84 Å². The summed E-state index contributed by atoms with van der Waals surface area (Å²) in [5.74, 6) is 0. The molecule has 16 heavy (non-hydrogen) atoms. The van der Waals surface area contributed by atoms with Crippen molar-refractivity contribution in [2.45, 2.75) is 36.5 Å². The lowest BCUT2D eigenvalue weighted by atomic mass is 10.0. The number of hydrogen-bond acceptors (Lipinski definition) is 3. The lowest BCUT2D eigenvalue weighted by Crippen LogP contribution is -2.38. The van der Waals surface area contributed by atoms with Crippen molar-refractivity contribution in [2.24, 2.45) is 0 Å². The van der Waals surface area contributed by atoms with Gasteiger partial charge >= 0.3 is 0 Å². The monoisotopic (exact) mass is 239 g/mol. The smallest absolute Gasteiger partial charge is 0.183 e. The van der Waals surface area contributed by atoms with Gasteiger partial charge in [0.1, 0.15) is 0 Å². The highest BCUT2D eigenvalue weighted by Gasteiger charge is 2.39. The Bertz CT molecular complexity index is 508. The molecule has 0 saturated heterocycles. The molecular formula is C12H17NO2S. The summed E-state index contributed by atoms with van der Waals surface area (Å²) in [4.78, 5) is 0.519. The molecule has 0 bridgehead atoms. The fraction of sp³-hybridized carbons (Fsp3) is 0.500. The van der Waals surface area contributed by atoms with Crippen molar-refractivity contribution >= 4 is 9.84 Å². The van der Waals surface area contributed by atoms with Crippen LogP contribution in [-0.4, -0.2) is 26.8 Å². The zero-order valence-corrected chi connectivity index (χ0v) is 10.6. The summed E-state index contributed by atoms with van der Waals surface area (Å²) in [5.41, 5.74) is 2.08. The third-order valence-electron chi connectivity index (χ3n) is 3.36. The van der Waals surface area contributed by atoms with Gasteiger partial charge in [0.15, 0.2) is 9.84 Å². The van der Waals surface area contributed by atoms with Crippen molar-refractivity contribution in [3.63, 3.8) is 0 Å². The Kier molecular flexibility index (Phi) is 2.80. The zero-order valence-electron chi connectivity index (χ0n) is 9.82. The van der Waals surface area contributed by atoms with E-state index in [-0.39, 0.29) is 11.3 Å². The predicted octanol–water partition coefficient (Wildman–Crippen LogP) is 1.30. The summed E-state index contributed by atoms with van der Waals surface area (Å²) >= 11 is 0. The van der Waals surface area contributed by atoms with Crippen LogP contribution < -0.4 is 5.32 Å². The first-order valence-electron chi connectivity index (χ1n) is 5.47. The molecule has 0 spiro atoms. The molecule has 2 atom stereocenters. The maximum Gasteiger partial charge on any atom is 0.183 e. The number of benzene rings is 1. The van der Waals surface area contributed by atoms with E-state index in [0.717, 1.165) is 11.1 Å². The first kappa shape index (κ1) is 11.6. The van der Waals surface area contributed by atoms with E-state index in [9.17, 15) is 8.42 Å². The van der Waals surface area contributed by atoms with Crippen LogP contribution in [-0.2, 0) is 16.3 Å². The minimum absolute atomic E-state index is 0.0160. The number of nitrogens with one attached hydrogen (secondary N) is 1. The SMILES string of the molecule is CNC(C)C1Cc2cc(C)ccc2S1(=O)=O. The third-order valence-corrected chi connectivity index (χ3v) is 5.74. The van der Waals surface area contributed by atoms with Crippen molar-refractivity contribution < 1.29 is 8.42 Å². The largest absolute Gasteiger partial charge is 0.316 e. The second-order valence-electron chi connectivity index (χ2n) is 4.48. The number of hydrogen-bond donors (Lipinski definition) is 1. The zero-order chi connectivity index (χ0) is 11.9. The molecule has 0 amide bonds. The quantitative estimate of drug-likeness (QED) is 0.846. The van der Waals surface area contributed by atoms with Crippen LogP contribution in [0.15, 0.2) is 23.1 Å². The number of rotatable bonds is 2. The van der Waals surface area contributed by atoms with Crippen LogP contribution in [0.1, 0.15) is 18.1 Å². The van der Waals surface area contributed by atoms with Crippen molar-refractivity contribution in [1.82, 2.24) is 5.32 Å². The fourth-order valence-corrected chi connectivity index (χ4v) is 4.43. The highest BCUT2D eigenvalue weighted by atomic mass is 32.2. The molecular weight excluding hydrogens is 222 g/mol. The van der Waals surface area contributed by atoms with Gasteiger partial charge in [0.25, 0.3) is 0 Å². The van der Waals surface area contributed by atoms with E-state index in [1.54, 1.807) is 13.1 Å². The first-order chi connectivity index (χ1) is 7.46. The van der Waals surface area contributed by atoms with Crippen LogP contribution in [0.4, 0.5) is 0 Å². The lowest BCUT2D eigenvalue weighted by molar-refractivity contribution is 0.535. The fourth-order valence-electron chi connectivity index (χ4n) is 2.27. The van der Waals surface area contributed by atoms with Gasteiger partial charge in [0, 0.05) is 6.04 Å². The van der Waals surface area contributed by atoms with Crippen molar-refractivity contribution in [3.8, 4) is 0 Å². The van der Waals surface area contributed by atoms with Crippen LogP contribution in [0.3, 0.4) is 0 Å². The summed E-state index contributed by atoms with van der Waals surface area (Å²) in [7, 11) is -1.34. The van der Waals surface area contributed by atoms with E-state index in [1.807, 2.05) is 26.0 Å². The molecule has 0 fully saturated rings. The number of sulfone groups is 1. The maximum atomic E-state index is 12.3. The molecule has 1 aliphatic rings. The van der Waals surface area contributed by atoms with Crippen LogP contribution in [0.5, 0.6) is 0 Å². The highest BCUT2D eigenvalue weighted by Crippen LogP contribution is 2.33. The van der Waals surface area contributed by atoms with E-state index in [4.69, 9.17) is 0 Å². The first-order valence-corrected chi connectivity index (χ1v) is 7.02. The Hall–Kier alpha value is -0.870. The van der Waals surface area contributed by atoms with Gasteiger partial charge in [-0.25, -0.2) is 8.42 Å². The van der Waals surface area contributed by atoms with E-state index in [0.29, 0.717) is 11.3 Å². The summed E-state index contributed by atoms with van der Waals surface area (Å²) in [6.45, 7) is 3.91. The standard InChI is InChI=1S/C12H17NO2S/c1-8-4-5-11-10(6-8)7-12(9(2)13-3)16(11,14)15/h4-6,9,12-13H,7H2,1-3H3. The molecule has 0 radical (unpaired) electrons. The number of fused-ring (bicyclic) bond motifs is 1. The molecule has 1 aliphatic heterocycles. The second kappa shape index (κ2) is 3.86. The van der Waals surface area contributed by atoms with Crippen LogP contribution >= 0.6 is 0 Å². The van der Waals surface area contributed by atoms with Crippen LogP contribution in [0.25, 0.3) is 0 Å². The van der Waals surface area contributed by atoms with Gasteiger partial charge in [-0.05, 0) is 38.9 Å². The lowest BCUT2D eigenvalue weighted by Gasteiger charge is -2.17. The summed E-state index contributed by atoms with van der Waals surface area (Å²) in [6, 6.07) is 5.57. The molecule has 1 N–H and O–H groups in total. The average Bonchev–Trinajstić information content (AvgIpc) is 2.49. The molecule has 2 rings (SSSR count). The third kappa shape index (κ3) is 1.66. The Labute approximate surface area is 96.8 Å². The van der Waals surface area contributed by atoms with Crippen LogP contribution in [0, 0.1) is 6.92 Å². The predicted molar refractivity (Wildman–Crippen MR) is 64.4 cm³/mol. The second-order valence-corrected chi connectivity index (χ2v) is 6.61. The molecule has 0 aromatic heterocycles. The summed E-state index contributed by atoms with van der Waals surface area (Å²) in [5, 5.41) is 2.71. The molecule has 0 aliphatic carbocycles. The van der Waals surface area contributed by atoms with Crippen LogP contribution in [0.2, 0.25) is 0 Å². The topological polar surface area (TPSA) is 46.2 Å². The molecule has 0 saturated carbocycles. The Morgan fingerprint density at radius 1 is 1.44 bits per heavy atom. The molecule has 1 aromatic carbocycles. The Morgan fingerprint density at radius 2 is 2.12 bits per heavy atom. The molecule has 1 heterocycles. The van der Waals surface area contributed by atoms with E-state index in [1.165, 1.54) is 0 Å². The van der Waals surface area contributed by atoms with E-state index in [2.05, 4.69) is 5.32 Å². The molecule has 88 valence electrons. The highest BCUT2D eigenvalue weighted by molar-refractivity contribution is 7.92. The van der Waals surface area contributed by atoms with Gasteiger partial charge < -0.3 is 5.32 Å². The Balaban J connectivity index is 2.50. The minimum Gasteiger partial charge on any atom is -0.316 e. The summed E-state index contributed by atoms with van der Waals surface area (Å²) in [6.07, 6.45) is 0.626. The van der Waals surface area contributed by atoms with Gasteiger partial charge in [-0.15, -0.1) is 0 Å². The van der Waals surface area contributed by atoms with Gasteiger partial charge in [-0.2, -0.15) is 0 Å². The average molecular weight is 239 g/mol. The van der Waals surface area contributed by atoms with Gasteiger partial charge in [-0.1, -0.05) is 17.7 Å². The Morgan fingerprint density at radius 3 is 2.75 bits per heavy atom. The minimum atomic E-state index is -3.14. The van der Waals surface area contributed by atoms with Crippen molar-refractivity contribution in [3.05, 3.63) is 29.3 Å². The normalized spacial score (nSPS) is 24.1. The van der Waals surface area contributed by atoms with Crippen molar-refractivity contribution in [1.29, 1.82) is 0 Å².